The highest BCUT2D eigenvalue weighted by Crippen LogP contribution is 2.22. The van der Waals surface area contributed by atoms with Crippen LogP contribution in [-0.2, 0) is 19.4 Å². The van der Waals surface area contributed by atoms with Gasteiger partial charge in [0.1, 0.15) is 0 Å². The molecule has 1 saturated heterocycles. The van der Waals surface area contributed by atoms with Crippen molar-refractivity contribution < 1.29 is 5.11 Å². The summed E-state index contributed by atoms with van der Waals surface area (Å²) in [5, 5.41) is 22.2. The molecule has 0 radical (unpaired) electrons. The molecule has 0 amide bonds. The molecule has 8 heteroatoms. The first-order valence-electron chi connectivity index (χ1n) is 12.1. The van der Waals surface area contributed by atoms with Gasteiger partial charge in [-0.05, 0) is 44.0 Å². The van der Waals surface area contributed by atoms with Crippen LogP contribution in [0.5, 0.6) is 0 Å². The quantitative estimate of drug-likeness (QED) is 0.442. The number of aliphatic hydroxyl groups is 1. The predicted octanol–water partition coefficient (Wildman–Crippen LogP) is 2.45. The molecular formula is C26H33N7O. The van der Waals surface area contributed by atoms with Crippen molar-refractivity contribution in [3.63, 3.8) is 0 Å². The van der Waals surface area contributed by atoms with E-state index < -0.39 is 0 Å². The average molecular weight is 460 g/mol. The van der Waals surface area contributed by atoms with E-state index in [9.17, 15) is 5.11 Å². The van der Waals surface area contributed by atoms with Crippen molar-refractivity contribution in [3.05, 3.63) is 76.5 Å². The summed E-state index contributed by atoms with van der Waals surface area (Å²) in [5.41, 5.74) is 8.87. The Bertz CT molecular complexity index is 1270. The summed E-state index contributed by atoms with van der Waals surface area (Å²) in [6.07, 6.45) is 5.73. The van der Waals surface area contributed by atoms with E-state index >= 15 is 0 Å². The van der Waals surface area contributed by atoms with E-state index in [1.807, 2.05) is 22.3 Å². The fourth-order valence-corrected chi connectivity index (χ4v) is 4.85. The average Bonchev–Trinajstić information content (AvgIpc) is 3.45. The van der Waals surface area contributed by atoms with E-state index in [0.717, 1.165) is 67.4 Å². The number of piperazine rings is 1. The summed E-state index contributed by atoms with van der Waals surface area (Å²) in [6, 6.07) is 10.8. The number of aryl methyl sites for hydroxylation is 3. The highest BCUT2D eigenvalue weighted by atomic mass is 16.3. The zero-order chi connectivity index (χ0) is 23.7. The van der Waals surface area contributed by atoms with Crippen molar-refractivity contribution in [1.82, 2.24) is 34.6 Å². The van der Waals surface area contributed by atoms with Crippen molar-refractivity contribution in [2.45, 2.75) is 46.2 Å². The molecule has 0 bridgehead atoms. The van der Waals surface area contributed by atoms with Crippen LogP contribution in [0.4, 0.5) is 0 Å². The van der Waals surface area contributed by atoms with Gasteiger partial charge in [0.15, 0.2) is 5.65 Å². The molecule has 3 aromatic heterocycles. The smallest absolute Gasteiger partial charge is 0.159 e. The molecule has 1 atom stereocenters. The Morgan fingerprint density at radius 3 is 2.74 bits per heavy atom. The number of hydrogen-bond acceptors (Lipinski definition) is 6. The Morgan fingerprint density at radius 1 is 1.15 bits per heavy atom. The fraction of sp³-hybridized carbons (Fsp3) is 0.423. The molecule has 1 aliphatic rings. The van der Waals surface area contributed by atoms with Gasteiger partial charge in [-0.15, -0.1) is 0 Å². The van der Waals surface area contributed by atoms with Gasteiger partial charge in [-0.3, -0.25) is 4.90 Å². The van der Waals surface area contributed by atoms with Gasteiger partial charge in [0.05, 0.1) is 24.2 Å². The molecule has 1 unspecified atom stereocenters. The molecular weight excluding hydrogens is 426 g/mol. The summed E-state index contributed by atoms with van der Waals surface area (Å²) >= 11 is 0. The van der Waals surface area contributed by atoms with Gasteiger partial charge in [0.2, 0.25) is 0 Å². The third-order valence-electron chi connectivity index (χ3n) is 6.59. The summed E-state index contributed by atoms with van der Waals surface area (Å²) in [7, 11) is 0. The Morgan fingerprint density at radius 2 is 1.97 bits per heavy atom. The lowest BCUT2D eigenvalue weighted by Gasteiger charge is -2.32. The minimum atomic E-state index is 0.153. The second-order valence-electron chi connectivity index (χ2n) is 9.26. The van der Waals surface area contributed by atoms with Crippen molar-refractivity contribution in [1.29, 1.82) is 0 Å². The molecule has 4 heterocycles. The van der Waals surface area contributed by atoms with E-state index in [0.29, 0.717) is 0 Å². The Balaban J connectivity index is 1.31. The van der Waals surface area contributed by atoms with Crippen LogP contribution in [0.3, 0.4) is 0 Å². The van der Waals surface area contributed by atoms with E-state index in [1.165, 1.54) is 16.7 Å². The largest absolute Gasteiger partial charge is 0.395 e. The second kappa shape index (κ2) is 9.66. The van der Waals surface area contributed by atoms with Gasteiger partial charge in [0.25, 0.3) is 0 Å². The van der Waals surface area contributed by atoms with Gasteiger partial charge >= 0.3 is 0 Å². The number of rotatable bonds is 7. The van der Waals surface area contributed by atoms with Crippen LogP contribution in [0.25, 0.3) is 11.3 Å². The number of aliphatic hydroxyl groups excluding tert-OH is 1. The molecule has 1 aromatic carbocycles. The normalized spacial score (nSPS) is 17.0. The fourth-order valence-electron chi connectivity index (χ4n) is 4.85. The number of hydrogen-bond donors (Lipinski definition) is 2. The van der Waals surface area contributed by atoms with Gasteiger partial charge in [0, 0.05) is 67.4 Å². The highest BCUT2D eigenvalue weighted by molar-refractivity contribution is 5.54. The first-order valence-corrected chi connectivity index (χ1v) is 12.1. The number of nitrogens with zero attached hydrogens (tertiary/aromatic N) is 6. The summed E-state index contributed by atoms with van der Waals surface area (Å²) in [6.45, 7) is 10.0. The number of fused-ring (bicyclic) bond motifs is 1. The topological polar surface area (TPSA) is 83.5 Å². The summed E-state index contributed by atoms with van der Waals surface area (Å²) in [4.78, 5) is 7.15. The third kappa shape index (κ3) is 4.61. The van der Waals surface area contributed by atoms with Crippen LogP contribution < -0.4 is 5.32 Å². The molecule has 2 N–H and O–H groups in total. The molecule has 0 saturated carbocycles. The lowest BCUT2D eigenvalue weighted by Crippen LogP contribution is -2.51. The maximum absolute atomic E-state index is 9.42. The molecule has 0 aliphatic carbocycles. The number of benzene rings is 1. The van der Waals surface area contributed by atoms with E-state index in [2.05, 4.69) is 65.7 Å². The Labute approximate surface area is 200 Å². The van der Waals surface area contributed by atoms with E-state index in [-0.39, 0.29) is 12.6 Å². The minimum absolute atomic E-state index is 0.153. The first kappa shape index (κ1) is 22.7. The lowest BCUT2D eigenvalue weighted by atomic mass is 10.0. The zero-order valence-electron chi connectivity index (χ0n) is 20.2. The van der Waals surface area contributed by atoms with Crippen LogP contribution in [0.2, 0.25) is 0 Å². The molecule has 178 valence electrons. The van der Waals surface area contributed by atoms with Crippen LogP contribution in [0.1, 0.15) is 40.7 Å². The number of aromatic nitrogens is 5. The highest BCUT2D eigenvalue weighted by Gasteiger charge is 2.19. The van der Waals surface area contributed by atoms with Gasteiger partial charge in [-0.2, -0.15) is 10.2 Å². The van der Waals surface area contributed by atoms with Crippen molar-refractivity contribution in [2.24, 2.45) is 0 Å². The van der Waals surface area contributed by atoms with Crippen LogP contribution >= 0.6 is 0 Å². The second-order valence-corrected chi connectivity index (χ2v) is 9.26. The Kier molecular flexibility index (Phi) is 6.45. The molecule has 1 aliphatic heterocycles. The standard InChI is InChI=1S/C26H33N7O/c1-4-25-24(26-29-18(2)11-19(3)33(26)30-25)12-20-5-7-23(8-6-20)32-15-21(13-28-32)14-31-10-9-27-22(16-31)17-34/h5-8,11,13,15,22,27,34H,4,9-10,12,14,16-17H2,1-3H3. The zero-order valence-corrected chi connectivity index (χ0v) is 20.2. The minimum Gasteiger partial charge on any atom is -0.395 e. The molecule has 0 spiro atoms. The van der Waals surface area contributed by atoms with Crippen LogP contribution in [0.15, 0.2) is 42.7 Å². The molecule has 5 rings (SSSR count). The molecule has 1 fully saturated rings. The molecule has 4 aromatic rings. The predicted molar refractivity (Wildman–Crippen MR) is 132 cm³/mol. The molecule has 34 heavy (non-hydrogen) atoms. The SMILES string of the molecule is CCc1nn2c(C)cc(C)nc2c1Cc1ccc(-n2cc(CN3CCNC(CO)C3)cn2)cc1. The monoisotopic (exact) mass is 459 g/mol. The number of nitrogens with one attached hydrogen (secondary N) is 1. The maximum Gasteiger partial charge on any atom is 0.159 e. The van der Waals surface area contributed by atoms with Crippen molar-refractivity contribution in [2.75, 3.05) is 26.2 Å². The van der Waals surface area contributed by atoms with Crippen molar-refractivity contribution in [3.8, 4) is 5.69 Å². The Hall–Kier alpha value is -3.07. The van der Waals surface area contributed by atoms with Crippen LogP contribution in [-0.4, -0.2) is 66.7 Å². The third-order valence-corrected chi connectivity index (χ3v) is 6.59. The summed E-state index contributed by atoms with van der Waals surface area (Å²) in [5.74, 6) is 0. The van der Waals surface area contributed by atoms with E-state index in [4.69, 9.17) is 10.1 Å². The van der Waals surface area contributed by atoms with Gasteiger partial charge in [-0.25, -0.2) is 14.2 Å². The maximum atomic E-state index is 9.42. The molecule has 8 nitrogen and oxygen atoms in total. The van der Waals surface area contributed by atoms with E-state index in [1.54, 1.807) is 0 Å². The summed E-state index contributed by atoms with van der Waals surface area (Å²) < 4.78 is 3.91. The van der Waals surface area contributed by atoms with Gasteiger partial charge < -0.3 is 10.4 Å². The lowest BCUT2D eigenvalue weighted by molar-refractivity contribution is 0.143. The van der Waals surface area contributed by atoms with Crippen molar-refractivity contribution >= 4 is 5.65 Å². The van der Waals surface area contributed by atoms with Gasteiger partial charge in [-0.1, -0.05) is 19.1 Å². The first-order chi connectivity index (χ1) is 16.5. The van der Waals surface area contributed by atoms with Crippen LogP contribution in [0, 0.1) is 13.8 Å².